The molecule has 0 spiro atoms. The maximum Gasteiger partial charge on any atom is 0.128 e. The first-order valence-electron chi connectivity index (χ1n) is 6.75. The highest BCUT2D eigenvalue weighted by atomic mass is 15.2. The van der Waals surface area contributed by atoms with Crippen molar-refractivity contribution in [2.45, 2.75) is 38.3 Å². The van der Waals surface area contributed by atoms with Gasteiger partial charge in [0.2, 0.25) is 0 Å². The lowest BCUT2D eigenvalue weighted by Gasteiger charge is -2.33. The summed E-state index contributed by atoms with van der Waals surface area (Å²) >= 11 is 0. The number of rotatable bonds is 3. The van der Waals surface area contributed by atoms with Gasteiger partial charge in [0.1, 0.15) is 5.82 Å². The highest BCUT2D eigenvalue weighted by molar-refractivity contribution is 5.38. The van der Waals surface area contributed by atoms with Gasteiger partial charge in [0.25, 0.3) is 0 Å². The fraction of sp³-hybridized carbons (Fsp3) is 0.643. The van der Waals surface area contributed by atoms with Crippen LogP contribution >= 0.6 is 0 Å². The Labute approximate surface area is 103 Å². The van der Waals surface area contributed by atoms with Crippen LogP contribution < -0.4 is 10.2 Å². The van der Waals surface area contributed by atoms with Crippen molar-refractivity contribution in [3.05, 3.63) is 24.4 Å². The number of nitrogens with zero attached hydrogens (tertiary/aromatic N) is 2. The lowest BCUT2D eigenvalue weighted by Crippen LogP contribution is -2.43. The van der Waals surface area contributed by atoms with Gasteiger partial charge in [-0.3, -0.25) is 0 Å². The normalized spacial score (nSPS) is 29.4. The van der Waals surface area contributed by atoms with E-state index in [9.17, 15) is 0 Å². The van der Waals surface area contributed by atoms with Gasteiger partial charge in [0.05, 0.1) is 0 Å². The van der Waals surface area contributed by atoms with Crippen LogP contribution in [0.5, 0.6) is 0 Å². The minimum Gasteiger partial charge on any atom is -0.357 e. The Hall–Kier alpha value is -1.09. The zero-order chi connectivity index (χ0) is 11.7. The van der Waals surface area contributed by atoms with E-state index in [0.29, 0.717) is 0 Å². The summed E-state index contributed by atoms with van der Waals surface area (Å²) < 4.78 is 0. The second kappa shape index (κ2) is 4.65. The monoisotopic (exact) mass is 231 g/mol. The van der Waals surface area contributed by atoms with Gasteiger partial charge in [-0.25, -0.2) is 4.98 Å². The lowest BCUT2D eigenvalue weighted by molar-refractivity contribution is 0.405. The largest absolute Gasteiger partial charge is 0.357 e. The molecule has 2 aliphatic rings. The number of anilines is 1. The number of hydrogen-bond acceptors (Lipinski definition) is 3. The van der Waals surface area contributed by atoms with E-state index in [-0.39, 0.29) is 0 Å². The van der Waals surface area contributed by atoms with Crippen molar-refractivity contribution in [1.82, 2.24) is 10.3 Å². The third-order valence-corrected chi connectivity index (χ3v) is 4.03. The number of aromatic nitrogens is 1. The van der Waals surface area contributed by atoms with Crippen LogP contribution in [0.1, 0.15) is 26.2 Å². The van der Waals surface area contributed by atoms with Crippen molar-refractivity contribution in [2.24, 2.45) is 5.92 Å². The van der Waals surface area contributed by atoms with Gasteiger partial charge in [0.15, 0.2) is 0 Å². The molecular weight excluding hydrogens is 210 g/mol. The Morgan fingerprint density at radius 3 is 2.65 bits per heavy atom. The molecule has 3 heteroatoms. The van der Waals surface area contributed by atoms with E-state index >= 15 is 0 Å². The standard InChI is InChI=1S/C14H21N3/c1-11-10-13(11)16-12-5-8-17(9-6-12)14-4-2-3-7-15-14/h2-4,7,11-13,16H,5-6,8-10H2,1H3/t11-,13-/m1/s1. The maximum absolute atomic E-state index is 4.42. The van der Waals surface area contributed by atoms with E-state index in [2.05, 4.69) is 34.3 Å². The van der Waals surface area contributed by atoms with Crippen molar-refractivity contribution in [2.75, 3.05) is 18.0 Å². The summed E-state index contributed by atoms with van der Waals surface area (Å²) in [7, 11) is 0. The first kappa shape index (κ1) is 11.0. The maximum atomic E-state index is 4.42. The van der Waals surface area contributed by atoms with E-state index < -0.39 is 0 Å². The van der Waals surface area contributed by atoms with Crippen LogP contribution in [0.2, 0.25) is 0 Å². The average molecular weight is 231 g/mol. The molecule has 2 fully saturated rings. The predicted octanol–water partition coefficient (Wildman–Crippen LogP) is 2.05. The SMILES string of the molecule is C[C@@H]1C[C@H]1NC1CCN(c2ccccn2)CC1. The summed E-state index contributed by atoms with van der Waals surface area (Å²) in [5, 5.41) is 3.77. The summed E-state index contributed by atoms with van der Waals surface area (Å²) in [6.45, 7) is 4.60. The van der Waals surface area contributed by atoms with Crippen molar-refractivity contribution < 1.29 is 0 Å². The molecule has 17 heavy (non-hydrogen) atoms. The van der Waals surface area contributed by atoms with Crippen LogP contribution in [0.15, 0.2) is 24.4 Å². The molecule has 3 nitrogen and oxygen atoms in total. The Morgan fingerprint density at radius 2 is 2.06 bits per heavy atom. The van der Waals surface area contributed by atoms with E-state index in [0.717, 1.165) is 36.9 Å². The minimum absolute atomic E-state index is 0.727. The molecule has 0 unspecified atom stereocenters. The first-order valence-corrected chi connectivity index (χ1v) is 6.75. The van der Waals surface area contributed by atoms with Gasteiger partial charge in [0, 0.05) is 31.4 Å². The summed E-state index contributed by atoms with van der Waals surface area (Å²) in [6.07, 6.45) is 5.76. The van der Waals surface area contributed by atoms with E-state index in [4.69, 9.17) is 0 Å². The molecule has 1 aromatic rings. The Bertz CT molecular complexity index is 357. The zero-order valence-electron chi connectivity index (χ0n) is 10.5. The fourth-order valence-corrected chi connectivity index (χ4v) is 2.67. The third kappa shape index (κ3) is 2.60. The smallest absolute Gasteiger partial charge is 0.128 e. The Balaban J connectivity index is 1.50. The van der Waals surface area contributed by atoms with Gasteiger partial charge in [-0.05, 0) is 37.3 Å². The van der Waals surface area contributed by atoms with Crippen LogP contribution in [-0.2, 0) is 0 Å². The Kier molecular flexibility index (Phi) is 3.02. The zero-order valence-corrected chi connectivity index (χ0v) is 10.5. The van der Waals surface area contributed by atoms with Crippen LogP contribution in [0.25, 0.3) is 0 Å². The van der Waals surface area contributed by atoms with Crippen molar-refractivity contribution in [1.29, 1.82) is 0 Å². The second-order valence-electron chi connectivity index (χ2n) is 5.44. The van der Waals surface area contributed by atoms with Crippen LogP contribution in [0.4, 0.5) is 5.82 Å². The van der Waals surface area contributed by atoms with E-state index in [1.165, 1.54) is 19.3 Å². The molecule has 0 amide bonds. The number of pyridine rings is 1. The van der Waals surface area contributed by atoms with Crippen molar-refractivity contribution in [3.63, 3.8) is 0 Å². The lowest BCUT2D eigenvalue weighted by atomic mass is 10.0. The predicted molar refractivity (Wildman–Crippen MR) is 70.2 cm³/mol. The highest BCUT2D eigenvalue weighted by Crippen LogP contribution is 2.30. The van der Waals surface area contributed by atoms with Gasteiger partial charge in [-0.1, -0.05) is 13.0 Å². The van der Waals surface area contributed by atoms with E-state index in [1.54, 1.807) is 0 Å². The number of nitrogens with one attached hydrogen (secondary N) is 1. The minimum atomic E-state index is 0.727. The second-order valence-corrected chi connectivity index (χ2v) is 5.44. The number of piperidine rings is 1. The molecule has 1 saturated carbocycles. The molecule has 1 aliphatic carbocycles. The molecule has 1 aromatic heterocycles. The molecule has 0 bridgehead atoms. The molecule has 1 aliphatic heterocycles. The summed E-state index contributed by atoms with van der Waals surface area (Å²) in [4.78, 5) is 6.82. The van der Waals surface area contributed by atoms with Gasteiger partial charge < -0.3 is 10.2 Å². The molecular formula is C14H21N3. The molecule has 0 radical (unpaired) electrons. The van der Waals surface area contributed by atoms with E-state index in [1.807, 2.05) is 12.3 Å². The highest BCUT2D eigenvalue weighted by Gasteiger charge is 2.34. The van der Waals surface area contributed by atoms with Crippen molar-refractivity contribution >= 4 is 5.82 Å². The Morgan fingerprint density at radius 1 is 1.29 bits per heavy atom. The molecule has 1 N–H and O–H groups in total. The fourth-order valence-electron chi connectivity index (χ4n) is 2.67. The topological polar surface area (TPSA) is 28.2 Å². The summed E-state index contributed by atoms with van der Waals surface area (Å²) in [5.74, 6) is 2.04. The number of hydrogen-bond donors (Lipinski definition) is 1. The molecule has 1 saturated heterocycles. The first-order chi connectivity index (χ1) is 8.33. The molecule has 92 valence electrons. The van der Waals surface area contributed by atoms with Crippen LogP contribution in [0.3, 0.4) is 0 Å². The summed E-state index contributed by atoms with van der Waals surface area (Å²) in [5.41, 5.74) is 0. The molecule has 2 atom stereocenters. The quantitative estimate of drug-likeness (QED) is 0.863. The third-order valence-electron chi connectivity index (χ3n) is 4.03. The van der Waals surface area contributed by atoms with Gasteiger partial charge >= 0.3 is 0 Å². The molecule has 3 rings (SSSR count). The van der Waals surface area contributed by atoms with Gasteiger partial charge in [-0.15, -0.1) is 0 Å². The van der Waals surface area contributed by atoms with Crippen LogP contribution in [-0.4, -0.2) is 30.2 Å². The van der Waals surface area contributed by atoms with Crippen LogP contribution in [0, 0.1) is 5.92 Å². The average Bonchev–Trinajstić information content (AvgIpc) is 3.07. The van der Waals surface area contributed by atoms with Crippen molar-refractivity contribution in [3.8, 4) is 0 Å². The molecule has 0 aromatic carbocycles. The molecule has 2 heterocycles. The van der Waals surface area contributed by atoms with Gasteiger partial charge in [-0.2, -0.15) is 0 Å². The summed E-state index contributed by atoms with van der Waals surface area (Å²) in [6, 6.07) is 7.69.